The van der Waals surface area contributed by atoms with Gasteiger partial charge in [0.05, 0.1) is 25.3 Å². The molecule has 0 heterocycles. The van der Waals surface area contributed by atoms with Crippen LogP contribution in [0.15, 0.2) is 18.2 Å². The van der Waals surface area contributed by atoms with Gasteiger partial charge in [0.2, 0.25) is 0 Å². The van der Waals surface area contributed by atoms with Crippen LogP contribution in [0.2, 0.25) is 0 Å². The lowest BCUT2D eigenvalue weighted by Crippen LogP contribution is -2.26. The van der Waals surface area contributed by atoms with E-state index in [0.717, 1.165) is 23.3 Å². The van der Waals surface area contributed by atoms with Crippen LogP contribution in [0.3, 0.4) is 0 Å². The van der Waals surface area contributed by atoms with Crippen molar-refractivity contribution in [1.82, 2.24) is 5.06 Å². The van der Waals surface area contributed by atoms with Crippen molar-refractivity contribution < 1.29 is 27.5 Å². The highest BCUT2D eigenvalue weighted by atomic mass is 19.4. The molecule has 0 saturated carbocycles. The summed E-state index contributed by atoms with van der Waals surface area (Å²) in [4.78, 5) is 16.4. The van der Waals surface area contributed by atoms with Gasteiger partial charge in [-0.1, -0.05) is 0 Å². The fourth-order valence-corrected chi connectivity index (χ4v) is 1.30. The first kappa shape index (κ1) is 14.3. The van der Waals surface area contributed by atoms with Crippen molar-refractivity contribution in [1.29, 1.82) is 0 Å². The van der Waals surface area contributed by atoms with E-state index in [4.69, 9.17) is 4.74 Å². The number of alkyl halides is 3. The predicted octanol–water partition coefficient (Wildman–Crippen LogP) is 2.35. The Labute approximate surface area is 102 Å². The smallest absolute Gasteiger partial charge is 0.416 e. The zero-order chi connectivity index (χ0) is 13.9. The molecule has 0 atom stereocenters. The highest BCUT2D eigenvalue weighted by molar-refractivity contribution is 5.96. The molecule has 0 aromatic heterocycles. The molecule has 0 unspecified atom stereocenters. The van der Waals surface area contributed by atoms with Gasteiger partial charge in [-0.25, -0.2) is 5.06 Å². The SMILES string of the molecule is COc1cc(C(F)(F)F)ccc1C(=O)N(C)OC. The highest BCUT2D eigenvalue weighted by Crippen LogP contribution is 2.33. The van der Waals surface area contributed by atoms with Gasteiger partial charge in [0.1, 0.15) is 5.75 Å². The molecule has 100 valence electrons. The monoisotopic (exact) mass is 263 g/mol. The van der Waals surface area contributed by atoms with E-state index in [1.807, 2.05) is 0 Å². The van der Waals surface area contributed by atoms with E-state index in [-0.39, 0.29) is 11.3 Å². The number of benzene rings is 1. The van der Waals surface area contributed by atoms with E-state index in [9.17, 15) is 18.0 Å². The molecule has 18 heavy (non-hydrogen) atoms. The zero-order valence-electron chi connectivity index (χ0n) is 10.0. The van der Waals surface area contributed by atoms with Gasteiger partial charge in [0.15, 0.2) is 0 Å². The summed E-state index contributed by atoms with van der Waals surface area (Å²) >= 11 is 0. The molecule has 0 aliphatic heterocycles. The van der Waals surface area contributed by atoms with Crippen molar-refractivity contribution in [3.05, 3.63) is 29.3 Å². The molecular formula is C11H12F3NO3. The Morgan fingerprint density at radius 1 is 1.28 bits per heavy atom. The topological polar surface area (TPSA) is 38.8 Å². The van der Waals surface area contributed by atoms with Crippen molar-refractivity contribution in [2.24, 2.45) is 0 Å². The number of carbonyl (C=O) groups excluding carboxylic acids is 1. The Hall–Kier alpha value is -1.76. The third-order valence-electron chi connectivity index (χ3n) is 2.32. The molecule has 0 spiro atoms. The van der Waals surface area contributed by atoms with E-state index in [2.05, 4.69) is 4.84 Å². The second kappa shape index (κ2) is 5.26. The molecule has 0 N–H and O–H groups in total. The average molecular weight is 263 g/mol. The van der Waals surface area contributed by atoms with Crippen LogP contribution < -0.4 is 4.74 Å². The summed E-state index contributed by atoms with van der Waals surface area (Å²) in [6.45, 7) is 0. The predicted molar refractivity (Wildman–Crippen MR) is 57.1 cm³/mol. The molecule has 0 radical (unpaired) electrons. The van der Waals surface area contributed by atoms with Crippen LogP contribution in [0.1, 0.15) is 15.9 Å². The number of ether oxygens (including phenoxy) is 1. The molecule has 0 aliphatic carbocycles. The number of hydrogen-bond donors (Lipinski definition) is 0. The second-order valence-electron chi connectivity index (χ2n) is 3.40. The summed E-state index contributed by atoms with van der Waals surface area (Å²) in [5.74, 6) is -0.748. The maximum atomic E-state index is 12.5. The average Bonchev–Trinajstić information content (AvgIpc) is 2.35. The van der Waals surface area contributed by atoms with Gasteiger partial charge in [-0.05, 0) is 18.2 Å². The van der Waals surface area contributed by atoms with Gasteiger partial charge in [-0.3, -0.25) is 9.63 Å². The highest BCUT2D eigenvalue weighted by Gasteiger charge is 2.32. The second-order valence-corrected chi connectivity index (χ2v) is 3.40. The third kappa shape index (κ3) is 2.92. The van der Waals surface area contributed by atoms with Crippen molar-refractivity contribution >= 4 is 5.91 Å². The summed E-state index contributed by atoms with van der Waals surface area (Å²) in [5, 5.41) is 0.894. The van der Waals surface area contributed by atoms with Crippen LogP contribution in [0.4, 0.5) is 13.2 Å². The number of amides is 1. The number of carbonyl (C=O) groups is 1. The lowest BCUT2D eigenvalue weighted by molar-refractivity contribution is -0.137. The van der Waals surface area contributed by atoms with Crippen molar-refractivity contribution in [3.8, 4) is 5.75 Å². The van der Waals surface area contributed by atoms with Crippen LogP contribution in [0.25, 0.3) is 0 Å². The minimum absolute atomic E-state index is 0.00477. The Morgan fingerprint density at radius 2 is 1.89 bits per heavy atom. The fraction of sp³-hybridized carbons (Fsp3) is 0.364. The molecule has 0 bridgehead atoms. The molecule has 7 heteroatoms. The van der Waals surface area contributed by atoms with Gasteiger partial charge < -0.3 is 4.74 Å². The Kier molecular flexibility index (Phi) is 4.18. The van der Waals surface area contributed by atoms with E-state index in [0.29, 0.717) is 0 Å². The quantitative estimate of drug-likeness (QED) is 0.786. The molecule has 0 aliphatic rings. The molecule has 1 rings (SSSR count). The Morgan fingerprint density at radius 3 is 2.33 bits per heavy atom. The lowest BCUT2D eigenvalue weighted by Gasteiger charge is -2.16. The molecule has 1 amide bonds. The van der Waals surface area contributed by atoms with Gasteiger partial charge in [0, 0.05) is 7.05 Å². The van der Waals surface area contributed by atoms with Gasteiger partial charge >= 0.3 is 6.18 Å². The molecular weight excluding hydrogens is 251 g/mol. The summed E-state index contributed by atoms with van der Waals surface area (Å²) in [5.41, 5.74) is -0.884. The van der Waals surface area contributed by atoms with Crippen molar-refractivity contribution in [3.63, 3.8) is 0 Å². The standard InChI is InChI=1S/C11H12F3NO3/c1-15(18-3)10(16)8-5-4-7(11(12,13)14)6-9(8)17-2/h4-6H,1-3H3. The largest absolute Gasteiger partial charge is 0.496 e. The summed E-state index contributed by atoms with van der Waals surface area (Å²) in [6.07, 6.45) is -4.48. The van der Waals surface area contributed by atoms with Gasteiger partial charge in [-0.2, -0.15) is 13.2 Å². The Bertz CT molecular complexity index is 446. The van der Waals surface area contributed by atoms with Crippen molar-refractivity contribution in [2.75, 3.05) is 21.3 Å². The molecule has 0 fully saturated rings. The van der Waals surface area contributed by atoms with E-state index in [1.165, 1.54) is 21.3 Å². The van der Waals surface area contributed by atoms with Gasteiger partial charge in [-0.15, -0.1) is 0 Å². The number of nitrogens with zero attached hydrogens (tertiary/aromatic N) is 1. The first-order valence-corrected chi connectivity index (χ1v) is 4.88. The summed E-state index contributed by atoms with van der Waals surface area (Å²) in [7, 11) is 3.81. The molecule has 0 saturated heterocycles. The number of halogens is 3. The minimum atomic E-state index is -4.48. The van der Waals surface area contributed by atoms with Crippen LogP contribution in [0, 0.1) is 0 Å². The third-order valence-corrected chi connectivity index (χ3v) is 2.32. The van der Waals surface area contributed by atoms with Crippen LogP contribution in [-0.4, -0.2) is 32.2 Å². The maximum Gasteiger partial charge on any atom is 0.416 e. The Balaban J connectivity index is 3.20. The molecule has 1 aromatic rings. The number of methoxy groups -OCH3 is 1. The van der Waals surface area contributed by atoms with E-state index in [1.54, 1.807) is 0 Å². The van der Waals surface area contributed by atoms with Crippen molar-refractivity contribution in [2.45, 2.75) is 6.18 Å². The molecule has 1 aromatic carbocycles. The van der Waals surface area contributed by atoms with Crippen LogP contribution >= 0.6 is 0 Å². The number of hydroxylamine groups is 2. The summed E-state index contributed by atoms with van der Waals surface area (Å²) in [6, 6.07) is 2.65. The van der Waals surface area contributed by atoms with Gasteiger partial charge in [0.25, 0.3) is 5.91 Å². The van der Waals surface area contributed by atoms with Crippen LogP contribution in [-0.2, 0) is 11.0 Å². The zero-order valence-corrected chi connectivity index (χ0v) is 10.0. The molecule has 4 nitrogen and oxygen atoms in total. The number of rotatable bonds is 3. The first-order chi connectivity index (χ1) is 8.31. The van der Waals surface area contributed by atoms with E-state index >= 15 is 0 Å². The lowest BCUT2D eigenvalue weighted by atomic mass is 10.1. The normalized spacial score (nSPS) is 11.2. The maximum absolute atomic E-state index is 12.5. The fourth-order valence-electron chi connectivity index (χ4n) is 1.30. The van der Waals surface area contributed by atoms with Crippen LogP contribution in [0.5, 0.6) is 5.75 Å². The van der Waals surface area contributed by atoms with E-state index < -0.39 is 17.6 Å². The summed E-state index contributed by atoms with van der Waals surface area (Å²) < 4.78 is 42.3. The minimum Gasteiger partial charge on any atom is -0.496 e. The first-order valence-electron chi connectivity index (χ1n) is 4.88. The number of hydrogen-bond acceptors (Lipinski definition) is 3.